The number of methoxy groups -OCH3 is 1. The molecule has 0 amide bonds. The number of para-hydroxylation sites is 1. The van der Waals surface area contributed by atoms with Crippen LogP contribution in [0.15, 0.2) is 66.7 Å². The topological polar surface area (TPSA) is 61.3 Å². The monoisotopic (exact) mass is 304 g/mol. The van der Waals surface area contributed by atoms with Gasteiger partial charge >= 0.3 is 0 Å². The fraction of sp³-hybridized carbons (Fsp3) is 0.100. The maximum Gasteiger partial charge on any atom is 0.127 e. The Bertz CT molecular complexity index is 810. The van der Waals surface area contributed by atoms with Gasteiger partial charge in [0, 0.05) is 22.5 Å². The highest BCUT2D eigenvalue weighted by Gasteiger charge is 2.09. The van der Waals surface area contributed by atoms with Crippen molar-refractivity contribution in [3.63, 3.8) is 0 Å². The fourth-order valence-electron chi connectivity index (χ4n) is 2.68. The van der Waals surface area contributed by atoms with Gasteiger partial charge < -0.3 is 16.2 Å². The molecule has 116 valence electrons. The third-order valence-corrected chi connectivity index (χ3v) is 3.90. The van der Waals surface area contributed by atoms with Gasteiger partial charge in [0.2, 0.25) is 0 Å². The zero-order chi connectivity index (χ0) is 16.2. The van der Waals surface area contributed by atoms with Gasteiger partial charge in [0.15, 0.2) is 0 Å². The molecule has 0 aliphatic rings. The molecule has 0 unspecified atom stereocenters. The standard InChI is InChI=1S/C20H20N2O/c1-23-20-13-15(12-14-6-9-16(21)10-7-14)8-11-18(20)17-4-2-3-5-19(17)22/h2-11,13H,12,21-22H2,1H3. The Morgan fingerprint density at radius 1 is 0.783 bits per heavy atom. The third-order valence-electron chi connectivity index (χ3n) is 3.90. The Morgan fingerprint density at radius 2 is 1.48 bits per heavy atom. The smallest absolute Gasteiger partial charge is 0.127 e. The molecule has 0 fully saturated rings. The van der Waals surface area contributed by atoms with Crippen LogP contribution in [0.5, 0.6) is 5.75 Å². The van der Waals surface area contributed by atoms with Crippen molar-refractivity contribution in [2.45, 2.75) is 6.42 Å². The van der Waals surface area contributed by atoms with Crippen LogP contribution in [0.1, 0.15) is 11.1 Å². The van der Waals surface area contributed by atoms with E-state index in [-0.39, 0.29) is 0 Å². The maximum atomic E-state index is 6.08. The average Bonchev–Trinajstić information content (AvgIpc) is 2.57. The molecule has 4 N–H and O–H groups in total. The summed E-state index contributed by atoms with van der Waals surface area (Å²) in [4.78, 5) is 0. The van der Waals surface area contributed by atoms with E-state index >= 15 is 0 Å². The third kappa shape index (κ3) is 3.29. The zero-order valence-corrected chi connectivity index (χ0v) is 13.1. The van der Waals surface area contributed by atoms with E-state index in [1.165, 1.54) is 11.1 Å². The van der Waals surface area contributed by atoms with Crippen LogP contribution >= 0.6 is 0 Å². The van der Waals surface area contributed by atoms with Gasteiger partial charge in [-0.25, -0.2) is 0 Å². The molecule has 0 radical (unpaired) electrons. The number of rotatable bonds is 4. The molecule has 0 bridgehead atoms. The van der Waals surface area contributed by atoms with Gasteiger partial charge in [0.25, 0.3) is 0 Å². The number of nitrogens with two attached hydrogens (primary N) is 2. The first kappa shape index (κ1) is 15.0. The zero-order valence-electron chi connectivity index (χ0n) is 13.1. The lowest BCUT2D eigenvalue weighted by Crippen LogP contribution is -1.95. The molecular formula is C20H20N2O. The summed E-state index contributed by atoms with van der Waals surface area (Å²) >= 11 is 0. The summed E-state index contributed by atoms with van der Waals surface area (Å²) in [5.41, 5.74) is 17.7. The molecule has 0 atom stereocenters. The van der Waals surface area contributed by atoms with Crippen molar-refractivity contribution in [1.29, 1.82) is 0 Å². The van der Waals surface area contributed by atoms with Gasteiger partial charge in [0.05, 0.1) is 7.11 Å². The van der Waals surface area contributed by atoms with Crippen LogP contribution in [0, 0.1) is 0 Å². The first-order chi connectivity index (χ1) is 11.2. The largest absolute Gasteiger partial charge is 0.496 e. The van der Waals surface area contributed by atoms with E-state index < -0.39 is 0 Å². The van der Waals surface area contributed by atoms with Crippen LogP contribution in [0.25, 0.3) is 11.1 Å². The van der Waals surface area contributed by atoms with Crippen LogP contribution in [0.4, 0.5) is 11.4 Å². The van der Waals surface area contributed by atoms with Crippen molar-refractivity contribution < 1.29 is 4.74 Å². The van der Waals surface area contributed by atoms with Gasteiger partial charge in [0.1, 0.15) is 5.75 Å². The average molecular weight is 304 g/mol. The molecule has 0 heterocycles. The van der Waals surface area contributed by atoms with Crippen molar-refractivity contribution in [2.75, 3.05) is 18.6 Å². The molecule has 3 rings (SSSR count). The van der Waals surface area contributed by atoms with E-state index in [4.69, 9.17) is 16.2 Å². The Kier molecular flexibility index (Phi) is 4.20. The quantitative estimate of drug-likeness (QED) is 0.713. The molecule has 0 aliphatic carbocycles. The predicted octanol–water partition coefficient (Wildman–Crippen LogP) is 4.12. The van der Waals surface area contributed by atoms with Crippen LogP contribution in [-0.2, 0) is 6.42 Å². The highest BCUT2D eigenvalue weighted by molar-refractivity contribution is 5.80. The number of hydrogen-bond donors (Lipinski definition) is 2. The summed E-state index contributed by atoms with van der Waals surface area (Å²) in [6.45, 7) is 0. The molecular weight excluding hydrogens is 284 g/mol. The van der Waals surface area contributed by atoms with E-state index in [0.29, 0.717) is 0 Å². The van der Waals surface area contributed by atoms with Crippen LogP contribution in [0.3, 0.4) is 0 Å². The number of anilines is 2. The number of hydrogen-bond acceptors (Lipinski definition) is 3. The van der Waals surface area contributed by atoms with E-state index in [9.17, 15) is 0 Å². The van der Waals surface area contributed by atoms with Gasteiger partial charge in [-0.3, -0.25) is 0 Å². The SMILES string of the molecule is COc1cc(Cc2ccc(N)cc2)ccc1-c1ccccc1N. The molecule has 3 heteroatoms. The molecule has 3 aromatic rings. The summed E-state index contributed by atoms with van der Waals surface area (Å²) in [6, 6.07) is 22.0. The predicted molar refractivity (Wildman–Crippen MR) is 96.5 cm³/mol. The molecule has 3 aromatic carbocycles. The molecule has 0 saturated carbocycles. The number of nitrogen functional groups attached to an aromatic ring is 2. The van der Waals surface area contributed by atoms with Crippen LogP contribution < -0.4 is 16.2 Å². The second-order valence-corrected chi connectivity index (χ2v) is 5.54. The Labute approximate surface area is 136 Å². The summed E-state index contributed by atoms with van der Waals surface area (Å²) in [7, 11) is 1.69. The van der Waals surface area contributed by atoms with Crippen molar-refractivity contribution in [3.8, 4) is 16.9 Å². The van der Waals surface area contributed by atoms with Gasteiger partial charge in [-0.2, -0.15) is 0 Å². The van der Waals surface area contributed by atoms with Crippen LogP contribution in [-0.4, -0.2) is 7.11 Å². The van der Waals surface area contributed by atoms with Crippen molar-refractivity contribution in [2.24, 2.45) is 0 Å². The molecule has 0 saturated heterocycles. The molecule has 0 aromatic heterocycles. The molecule has 0 aliphatic heterocycles. The first-order valence-electron chi connectivity index (χ1n) is 7.53. The number of ether oxygens (including phenoxy) is 1. The maximum absolute atomic E-state index is 6.08. The lowest BCUT2D eigenvalue weighted by molar-refractivity contribution is 0.416. The normalized spacial score (nSPS) is 10.5. The minimum Gasteiger partial charge on any atom is -0.496 e. The highest BCUT2D eigenvalue weighted by Crippen LogP contribution is 2.34. The lowest BCUT2D eigenvalue weighted by Gasteiger charge is -2.13. The van der Waals surface area contributed by atoms with E-state index in [2.05, 4.69) is 18.2 Å². The van der Waals surface area contributed by atoms with E-state index in [1.54, 1.807) is 7.11 Å². The Morgan fingerprint density at radius 3 is 2.17 bits per heavy atom. The highest BCUT2D eigenvalue weighted by atomic mass is 16.5. The fourth-order valence-corrected chi connectivity index (χ4v) is 2.68. The second-order valence-electron chi connectivity index (χ2n) is 5.54. The van der Waals surface area contributed by atoms with Crippen molar-refractivity contribution in [3.05, 3.63) is 77.9 Å². The summed E-state index contributed by atoms with van der Waals surface area (Å²) in [5, 5.41) is 0. The van der Waals surface area contributed by atoms with E-state index in [0.717, 1.165) is 34.7 Å². The van der Waals surface area contributed by atoms with Crippen molar-refractivity contribution >= 4 is 11.4 Å². The Hall–Kier alpha value is -2.94. The second kappa shape index (κ2) is 6.44. The van der Waals surface area contributed by atoms with Crippen molar-refractivity contribution in [1.82, 2.24) is 0 Å². The first-order valence-corrected chi connectivity index (χ1v) is 7.53. The minimum absolute atomic E-state index is 0.747. The summed E-state index contributed by atoms with van der Waals surface area (Å²) < 4.78 is 5.58. The van der Waals surface area contributed by atoms with Gasteiger partial charge in [-0.1, -0.05) is 42.5 Å². The van der Waals surface area contributed by atoms with E-state index in [1.807, 2.05) is 48.5 Å². The summed E-state index contributed by atoms with van der Waals surface area (Å²) in [5.74, 6) is 0.829. The lowest BCUT2D eigenvalue weighted by atomic mass is 9.98. The molecule has 3 nitrogen and oxygen atoms in total. The van der Waals surface area contributed by atoms with Gasteiger partial charge in [-0.15, -0.1) is 0 Å². The van der Waals surface area contributed by atoms with Crippen LogP contribution in [0.2, 0.25) is 0 Å². The molecule has 0 spiro atoms. The number of benzene rings is 3. The minimum atomic E-state index is 0.747. The Balaban J connectivity index is 1.94. The van der Waals surface area contributed by atoms with Gasteiger partial charge in [-0.05, 0) is 41.8 Å². The molecule has 23 heavy (non-hydrogen) atoms. The summed E-state index contributed by atoms with van der Waals surface area (Å²) in [6.07, 6.45) is 0.835.